The molecule has 1 aromatic carbocycles. The van der Waals surface area contributed by atoms with Crippen molar-refractivity contribution < 1.29 is 18.3 Å². The van der Waals surface area contributed by atoms with Gasteiger partial charge in [0.05, 0.1) is 18.2 Å². The lowest BCUT2D eigenvalue weighted by atomic mass is 9.83. The predicted octanol–water partition coefficient (Wildman–Crippen LogP) is 2.73. The molecule has 0 fully saturated rings. The monoisotopic (exact) mass is 278 g/mol. The summed E-state index contributed by atoms with van der Waals surface area (Å²) in [6.45, 7) is -0.160. The number of benzene rings is 1. The third kappa shape index (κ3) is 2.83. The van der Waals surface area contributed by atoms with Crippen molar-refractivity contribution in [3.05, 3.63) is 53.7 Å². The van der Waals surface area contributed by atoms with E-state index >= 15 is 0 Å². The minimum Gasteiger partial charge on any atom is -0.448 e. The fourth-order valence-electron chi connectivity index (χ4n) is 2.12. The molecule has 0 amide bonds. The zero-order valence-electron chi connectivity index (χ0n) is 10.5. The van der Waals surface area contributed by atoms with Crippen LogP contribution in [-0.4, -0.2) is 16.7 Å². The van der Waals surface area contributed by atoms with Crippen molar-refractivity contribution in [1.29, 1.82) is 5.26 Å². The molecule has 0 aliphatic rings. The molecule has 2 aromatic rings. The maximum Gasteiger partial charge on any atom is 0.180 e. The second kappa shape index (κ2) is 6.26. The first kappa shape index (κ1) is 14.2. The highest BCUT2D eigenvalue weighted by molar-refractivity contribution is 5.30. The first-order chi connectivity index (χ1) is 9.67. The maximum atomic E-state index is 13.3. The van der Waals surface area contributed by atoms with E-state index < -0.39 is 23.5 Å². The Balaban J connectivity index is 2.38. The van der Waals surface area contributed by atoms with Crippen LogP contribution in [0.25, 0.3) is 0 Å². The highest BCUT2D eigenvalue weighted by Gasteiger charge is 2.27. The van der Waals surface area contributed by atoms with E-state index in [9.17, 15) is 14.0 Å². The largest absolute Gasteiger partial charge is 0.448 e. The third-order valence-electron chi connectivity index (χ3n) is 3.10. The van der Waals surface area contributed by atoms with Crippen molar-refractivity contribution >= 4 is 0 Å². The molecule has 0 radical (unpaired) electrons. The maximum absolute atomic E-state index is 13.3. The van der Waals surface area contributed by atoms with E-state index in [2.05, 4.69) is 11.1 Å². The Morgan fingerprint density at radius 2 is 2.15 bits per heavy atom. The molecule has 2 atom stereocenters. The highest BCUT2D eigenvalue weighted by Crippen LogP contribution is 2.35. The average molecular weight is 278 g/mol. The van der Waals surface area contributed by atoms with Crippen LogP contribution >= 0.6 is 0 Å². The van der Waals surface area contributed by atoms with E-state index in [0.717, 1.165) is 12.1 Å². The molecule has 0 bridgehead atoms. The summed E-state index contributed by atoms with van der Waals surface area (Å²) in [4.78, 5) is 3.78. The Bertz CT molecular complexity index is 608. The molecule has 1 N–H and O–H groups in total. The molecular weight excluding hydrogens is 266 g/mol. The van der Waals surface area contributed by atoms with Crippen LogP contribution in [0.3, 0.4) is 0 Å². The van der Waals surface area contributed by atoms with Crippen molar-refractivity contribution in [3.63, 3.8) is 0 Å². The van der Waals surface area contributed by atoms with E-state index in [1.54, 1.807) is 0 Å². The summed E-state index contributed by atoms with van der Waals surface area (Å²) in [6, 6.07) is 5.37. The van der Waals surface area contributed by atoms with Gasteiger partial charge in [0.1, 0.15) is 5.76 Å². The minimum atomic E-state index is -1.01. The molecule has 104 valence electrons. The molecule has 20 heavy (non-hydrogen) atoms. The number of nitrogens with zero attached hydrogens (tertiary/aromatic N) is 2. The second-order valence-electron chi connectivity index (χ2n) is 4.30. The first-order valence-electron chi connectivity index (χ1n) is 6.01. The van der Waals surface area contributed by atoms with Crippen LogP contribution in [0.15, 0.2) is 35.2 Å². The van der Waals surface area contributed by atoms with Crippen molar-refractivity contribution in [2.45, 2.75) is 18.3 Å². The number of hydrogen-bond donors (Lipinski definition) is 1. The molecule has 0 saturated heterocycles. The Labute approximate surface area is 114 Å². The normalized spacial score (nSPS) is 13.7. The fourth-order valence-corrected chi connectivity index (χ4v) is 2.12. The second-order valence-corrected chi connectivity index (χ2v) is 4.30. The lowest BCUT2D eigenvalue weighted by Crippen LogP contribution is -2.12. The number of nitriles is 1. The quantitative estimate of drug-likeness (QED) is 0.912. The molecular formula is C14H12F2N2O2. The van der Waals surface area contributed by atoms with Gasteiger partial charge in [-0.25, -0.2) is 13.8 Å². The molecule has 6 heteroatoms. The van der Waals surface area contributed by atoms with Gasteiger partial charge in [-0.15, -0.1) is 0 Å². The molecule has 2 rings (SSSR count). The van der Waals surface area contributed by atoms with E-state index in [1.807, 2.05) is 0 Å². The summed E-state index contributed by atoms with van der Waals surface area (Å²) in [7, 11) is 0. The number of hydrogen-bond acceptors (Lipinski definition) is 4. The predicted molar refractivity (Wildman–Crippen MR) is 65.7 cm³/mol. The highest BCUT2D eigenvalue weighted by atomic mass is 19.2. The Morgan fingerprint density at radius 3 is 2.70 bits per heavy atom. The van der Waals surface area contributed by atoms with Gasteiger partial charge in [0.15, 0.2) is 18.0 Å². The van der Waals surface area contributed by atoms with Gasteiger partial charge in [-0.05, 0) is 24.1 Å². The molecule has 0 aliphatic carbocycles. The third-order valence-corrected chi connectivity index (χ3v) is 3.10. The molecule has 0 spiro atoms. The summed E-state index contributed by atoms with van der Waals surface area (Å²) in [5.41, 5.74) is 0.334. The van der Waals surface area contributed by atoms with Gasteiger partial charge in [-0.2, -0.15) is 5.26 Å². The number of aromatic nitrogens is 1. The molecule has 4 nitrogen and oxygen atoms in total. The van der Waals surface area contributed by atoms with E-state index in [0.29, 0.717) is 11.3 Å². The molecule has 0 saturated carbocycles. The van der Waals surface area contributed by atoms with Gasteiger partial charge in [0.2, 0.25) is 0 Å². The van der Waals surface area contributed by atoms with Crippen molar-refractivity contribution in [3.8, 4) is 6.07 Å². The van der Waals surface area contributed by atoms with Gasteiger partial charge in [-0.3, -0.25) is 0 Å². The zero-order chi connectivity index (χ0) is 14.5. The van der Waals surface area contributed by atoms with Gasteiger partial charge < -0.3 is 9.52 Å². The van der Waals surface area contributed by atoms with Crippen LogP contribution in [0.4, 0.5) is 8.78 Å². The standard InChI is InChI=1S/C14H12F2N2O2/c15-12-2-1-9(5-13(12)16)11(6-17)10(3-4-19)14-7-18-8-20-14/h1-2,5,7-8,10-11,19H,3-4H2/t10-,11+/m0/s1. The molecule has 0 aliphatic heterocycles. The topological polar surface area (TPSA) is 70.0 Å². The van der Waals surface area contributed by atoms with E-state index in [-0.39, 0.29) is 13.0 Å². The van der Waals surface area contributed by atoms with Crippen LogP contribution in [-0.2, 0) is 0 Å². The summed E-state index contributed by atoms with van der Waals surface area (Å²) in [5, 5.41) is 18.4. The SMILES string of the molecule is N#C[C@H](c1ccc(F)c(F)c1)[C@H](CCO)c1cnco1. The average Bonchev–Trinajstić information content (AvgIpc) is 2.96. The van der Waals surface area contributed by atoms with Crippen molar-refractivity contribution in [2.75, 3.05) is 6.61 Å². The Kier molecular flexibility index (Phi) is 4.43. The van der Waals surface area contributed by atoms with Crippen LogP contribution in [0.5, 0.6) is 0 Å². The lowest BCUT2D eigenvalue weighted by molar-refractivity contribution is 0.262. The van der Waals surface area contributed by atoms with Crippen LogP contribution in [0, 0.1) is 23.0 Å². The molecule has 1 heterocycles. The zero-order valence-corrected chi connectivity index (χ0v) is 10.5. The fraction of sp³-hybridized carbons (Fsp3) is 0.286. The summed E-state index contributed by atoms with van der Waals surface area (Å²) < 4.78 is 31.4. The van der Waals surface area contributed by atoms with Crippen molar-refractivity contribution in [2.24, 2.45) is 0 Å². The summed E-state index contributed by atoms with van der Waals surface area (Å²) in [5.74, 6) is -2.79. The van der Waals surface area contributed by atoms with E-state index in [4.69, 9.17) is 9.52 Å². The lowest BCUT2D eigenvalue weighted by Gasteiger charge is -2.19. The Morgan fingerprint density at radius 1 is 1.35 bits per heavy atom. The number of rotatable bonds is 5. The van der Waals surface area contributed by atoms with Crippen LogP contribution < -0.4 is 0 Å². The summed E-state index contributed by atoms with van der Waals surface area (Å²) >= 11 is 0. The summed E-state index contributed by atoms with van der Waals surface area (Å²) in [6.07, 6.45) is 2.93. The van der Waals surface area contributed by atoms with Crippen LogP contribution in [0.1, 0.15) is 29.6 Å². The van der Waals surface area contributed by atoms with E-state index in [1.165, 1.54) is 18.7 Å². The van der Waals surface area contributed by atoms with Crippen molar-refractivity contribution in [1.82, 2.24) is 4.98 Å². The van der Waals surface area contributed by atoms with Gasteiger partial charge in [0.25, 0.3) is 0 Å². The Hall–Kier alpha value is -2.26. The number of halogens is 2. The first-order valence-corrected chi connectivity index (χ1v) is 6.01. The van der Waals surface area contributed by atoms with Gasteiger partial charge in [-0.1, -0.05) is 6.07 Å². The number of oxazole rings is 1. The van der Waals surface area contributed by atoms with Crippen LogP contribution in [0.2, 0.25) is 0 Å². The number of aliphatic hydroxyl groups excluding tert-OH is 1. The van der Waals surface area contributed by atoms with Gasteiger partial charge >= 0.3 is 0 Å². The molecule has 1 aromatic heterocycles. The minimum absolute atomic E-state index is 0.160. The smallest absolute Gasteiger partial charge is 0.180 e. The molecule has 0 unspecified atom stereocenters. The number of aliphatic hydroxyl groups is 1. The van der Waals surface area contributed by atoms with Gasteiger partial charge in [0, 0.05) is 12.5 Å².